The van der Waals surface area contributed by atoms with Crippen molar-refractivity contribution in [3.05, 3.63) is 53.1 Å². The van der Waals surface area contributed by atoms with Gasteiger partial charge in [0.05, 0.1) is 28.6 Å². The Hall–Kier alpha value is -2.30. The number of benzene rings is 2. The molecule has 0 heterocycles. The molecule has 0 aliphatic heterocycles. The van der Waals surface area contributed by atoms with E-state index in [-0.39, 0.29) is 10.6 Å². The Bertz CT molecular complexity index is 980. The number of halogens is 4. The number of carbonyl (C=O) groups excluding carboxylic acids is 1. The van der Waals surface area contributed by atoms with Crippen LogP contribution in [0.4, 0.5) is 18.9 Å². The number of hydrogen-bond donors (Lipinski definition) is 1. The van der Waals surface area contributed by atoms with Crippen molar-refractivity contribution in [1.29, 1.82) is 0 Å². The first kappa shape index (κ1) is 23.0. The summed E-state index contributed by atoms with van der Waals surface area (Å²) in [5.74, 6) is -0.312. The summed E-state index contributed by atoms with van der Waals surface area (Å²) in [6, 6.07) is 8.51. The minimum Gasteiger partial charge on any atom is -0.494 e. The number of nitrogens with zero attached hydrogens (tertiary/aromatic N) is 1. The summed E-state index contributed by atoms with van der Waals surface area (Å²) >= 11 is 5.53. The molecular weight excluding hydrogens is 433 g/mol. The number of carbonyl (C=O) groups is 1. The molecule has 158 valence electrons. The van der Waals surface area contributed by atoms with Gasteiger partial charge in [-0.1, -0.05) is 11.6 Å². The maximum atomic E-state index is 12.9. The molecule has 0 aliphatic carbocycles. The molecule has 0 fully saturated rings. The van der Waals surface area contributed by atoms with E-state index in [2.05, 4.69) is 5.32 Å². The lowest BCUT2D eigenvalue weighted by atomic mass is 10.2. The van der Waals surface area contributed by atoms with E-state index in [1.807, 2.05) is 0 Å². The molecule has 2 aromatic carbocycles. The number of anilines is 1. The predicted octanol–water partition coefficient (Wildman–Crippen LogP) is 4.02. The third kappa shape index (κ3) is 5.84. The van der Waals surface area contributed by atoms with Gasteiger partial charge in [0.1, 0.15) is 5.75 Å². The molecule has 0 aliphatic rings. The molecule has 0 spiro atoms. The second-order valence-electron chi connectivity index (χ2n) is 5.91. The van der Waals surface area contributed by atoms with Crippen molar-refractivity contribution in [2.75, 3.05) is 25.5 Å². The fourth-order valence-corrected chi connectivity index (χ4v) is 3.71. The van der Waals surface area contributed by atoms with Gasteiger partial charge in [-0.3, -0.25) is 4.79 Å². The molecule has 0 saturated heterocycles. The van der Waals surface area contributed by atoms with Crippen LogP contribution in [0.15, 0.2) is 47.4 Å². The van der Waals surface area contributed by atoms with Crippen molar-refractivity contribution in [2.24, 2.45) is 0 Å². The van der Waals surface area contributed by atoms with E-state index < -0.39 is 39.2 Å². The maximum Gasteiger partial charge on any atom is 0.417 e. The molecule has 0 saturated carbocycles. The lowest BCUT2D eigenvalue weighted by molar-refractivity contribution is -0.137. The molecule has 0 aromatic heterocycles. The first-order valence-corrected chi connectivity index (χ1v) is 10.1. The van der Waals surface area contributed by atoms with Crippen molar-refractivity contribution in [2.45, 2.75) is 18.0 Å². The van der Waals surface area contributed by atoms with Gasteiger partial charge in [-0.05, 0) is 49.4 Å². The number of alkyl halides is 3. The van der Waals surface area contributed by atoms with Crippen molar-refractivity contribution >= 4 is 33.2 Å². The van der Waals surface area contributed by atoms with Gasteiger partial charge in [-0.2, -0.15) is 17.5 Å². The quantitative estimate of drug-likeness (QED) is 0.691. The zero-order valence-corrected chi connectivity index (χ0v) is 17.0. The zero-order chi connectivity index (χ0) is 21.8. The van der Waals surface area contributed by atoms with E-state index in [9.17, 15) is 26.4 Å². The SMILES string of the molecule is CCOc1ccc(S(=O)(=O)N(C)CC(=O)Nc2ccc(Cl)c(C(F)(F)F)c2)cc1. The lowest BCUT2D eigenvalue weighted by Crippen LogP contribution is -2.35. The van der Waals surface area contributed by atoms with Crippen LogP contribution in [0.25, 0.3) is 0 Å². The van der Waals surface area contributed by atoms with Crippen LogP contribution < -0.4 is 10.1 Å². The Kier molecular flexibility index (Phi) is 7.15. The normalized spacial score (nSPS) is 12.1. The monoisotopic (exact) mass is 450 g/mol. The highest BCUT2D eigenvalue weighted by Gasteiger charge is 2.33. The fourth-order valence-electron chi connectivity index (χ4n) is 2.36. The Balaban J connectivity index is 2.10. The summed E-state index contributed by atoms with van der Waals surface area (Å²) in [6.45, 7) is 1.61. The fraction of sp³-hybridized carbons (Fsp3) is 0.278. The average Bonchev–Trinajstić information content (AvgIpc) is 2.63. The molecule has 0 bridgehead atoms. The van der Waals surface area contributed by atoms with Gasteiger partial charge in [0.2, 0.25) is 15.9 Å². The van der Waals surface area contributed by atoms with Crippen LogP contribution in [-0.4, -0.2) is 38.8 Å². The van der Waals surface area contributed by atoms with Crippen molar-refractivity contribution < 1.29 is 31.1 Å². The Labute approximate surface area is 171 Å². The van der Waals surface area contributed by atoms with Crippen molar-refractivity contribution in [3.63, 3.8) is 0 Å². The number of rotatable bonds is 7. The smallest absolute Gasteiger partial charge is 0.417 e. The summed E-state index contributed by atoms with van der Waals surface area (Å²) in [4.78, 5) is 12.1. The Morgan fingerprint density at radius 3 is 2.34 bits per heavy atom. The highest BCUT2D eigenvalue weighted by molar-refractivity contribution is 7.89. The predicted molar refractivity (Wildman–Crippen MR) is 103 cm³/mol. The highest BCUT2D eigenvalue weighted by atomic mass is 35.5. The molecule has 0 unspecified atom stereocenters. The number of likely N-dealkylation sites (N-methyl/N-ethyl adjacent to an activating group) is 1. The van der Waals surface area contributed by atoms with E-state index >= 15 is 0 Å². The average molecular weight is 451 g/mol. The zero-order valence-electron chi connectivity index (χ0n) is 15.5. The second kappa shape index (κ2) is 9.02. The molecule has 29 heavy (non-hydrogen) atoms. The van der Waals surface area contributed by atoms with Gasteiger partial charge in [0, 0.05) is 12.7 Å². The van der Waals surface area contributed by atoms with E-state index in [1.54, 1.807) is 6.92 Å². The number of hydrogen-bond acceptors (Lipinski definition) is 4. The Morgan fingerprint density at radius 2 is 1.79 bits per heavy atom. The van der Waals surface area contributed by atoms with Gasteiger partial charge in [0.15, 0.2) is 0 Å². The summed E-state index contributed by atoms with van der Waals surface area (Å²) < 4.78 is 69.9. The molecule has 0 radical (unpaired) electrons. The second-order valence-corrected chi connectivity index (χ2v) is 8.36. The van der Waals surface area contributed by atoms with Crippen LogP contribution >= 0.6 is 11.6 Å². The van der Waals surface area contributed by atoms with Gasteiger partial charge in [-0.15, -0.1) is 0 Å². The molecule has 6 nitrogen and oxygen atoms in total. The molecule has 2 aromatic rings. The van der Waals surface area contributed by atoms with Crippen LogP contribution in [0.2, 0.25) is 5.02 Å². The van der Waals surface area contributed by atoms with Crippen LogP contribution in [-0.2, 0) is 21.0 Å². The maximum absolute atomic E-state index is 12.9. The minimum absolute atomic E-state index is 0.0536. The largest absolute Gasteiger partial charge is 0.494 e. The van der Waals surface area contributed by atoms with Crippen molar-refractivity contribution in [1.82, 2.24) is 4.31 Å². The summed E-state index contributed by atoms with van der Waals surface area (Å²) in [5.41, 5.74) is -1.26. The summed E-state index contributed by atoms with van der Waals surface area (Å²) in [5, 5.41) is 1.73. The van der Waals surface area contributed by atoms with Crippen LogP contribution in [0.3, 0.4) is 0 Å². The van der Waals surface area contributed by atoms with Crippen LogP contribution in [0, 0.1) is 0 Å². The highest BCUT2D eigenvalue weighted by Crippen LogP contribution is 2.36. The number of amides is 1. The first-order chi connectivity index (χ1) is 13.4. The molecule has 0 atom stereocenters. The van der Waals surface area contributed by atoms with Gasteiger partial charge in [-0.25, -0.2) is 8.42 Å². The third-order valence-electron chi connectivity index (χ3n) is 3.76. The van der Waals surface area contributed by atoms with Crippen LogP contribution in [0.1, 0.15) is 12.5 Å². The number of sulfonamides is 1. The number of ether oxygens (including phenoxy) is 1. The van der Waals surface area contributed by atoms with E-state index in [4.69, 9.17) is 16.3 Å². The first-order valence-electron chi connectivity index (χ1n) is 8.31. The summed E-state index contributed by atoms with van der Waals surface area (Å²) in [6.07, 6.45) is -4.69. The van der Waals surface area contributed by atoms with Gasteiger partial charge >= 0.3 is 6.18 Å². The number of nitrogens with one attached hydrogen (secondary N) is 1. The van der Waals surface area contributed by atoms with E-state index in [1.165, 1.54) is 37.4 Å². The molecule has 1 N–H and O–H groups in total. The van der Waals surface area contributed by atoms with Crippen molar-refractivity contribution in [3.8, 4) is 5.75 Å². The third-order valence-corrected chi connectivity index (χ3v) is 5.91. The standard InChI is InChI=1S/C18H18ClF3N2O4S/c1-3-28-13-5-7-14(8-6-13)29(26,27)24(2)11-17(25)23-12-4-9-16(19)15(10-12)18(20,21)22/h4-10H,3,11H2,1-2H3,(H,23,25). The Morgan fingerprint density at radius 1 is 1.17 bits per heavy atom. The van der Waals surface area contributed by atoms with Gasteiger partial charge < -0.3 is 10.1 Å². The van der Waals surface area contributed by atoms with Crippen LogP contribution in [0.5, 0.6) is 5.75 Å². The molecule has 1 amide bonds. The van der Waals surface area contributed by atoms with E-state index in [0.29, 0.717) is 18.4 Å². The van der Waals surface area contributed by atoms with Gasteiger partial charge in [0.25, 0.3) is 0 Å². The van der Waals surface area contributed by atoms with E-state index in [0.717, 1.165) is 10.4 Å². The summed E-state index contributed by atoms with van der Waals surface area (Å²) in [7, 11) is -2.79. The lowest BCUT2D eigenvalue weighted by Gasteiger charge is -2.17. The minimum atomic E-state index is -4.69. The molecular formula is C18H18ClF3N2O4S. The molecule has 2 rings (SSSR count). The topological polar surface area (TPSA) is 75.7 Å². The molecule has 11 heteroatoms.